The molecule has 1 atom stereocenters. The van der Waals surface area contributed by atoms with Crippen LogP contribution in [-0.4, -0.2) is 14.9 Å². The molecule has 0 bridgehead atoms. The molecule has 1 aromatic heterocycles. The second-order valence-corrected chi connectivity index (χ2v) is 5.07. The van der Waals surface area contributed by atoms with Gasteiger partial charge in [0.1, 0.15) is 0 Å². The van der Waals surface area contributed by atoms with E-state index in [9.17, 15) is 0 Å². The van der Waals surface area contributed by atoms with Gasteiger partial charge in [-0.1, -0.05) is 29.3 Å². The molecule has 1 aromatic rings. The van der Waals surface area contributed by atoms with Crippen LogP contribution < -0.4 is 0 Å². The molecule has 0 aromatic carbocycles. The zero-order valence-corrected chi connectivity index (χ0v) is 11.0. The van der Waals surface area contributed by atoms with E-state index in [0.29, 0.717) is 0 Å². The highest BCUT2D eigenvalue weighted by Gasteiger charge is 2.16. The number of alkyl halides is 1. The van der Waals surface area contributed by atoms with Gasteiger partial charge < -0.3 is 4.57 Å². The molecule has 2 nitrogen and oxygen atoms in total. The molecule has 1 unspecified atom stereocenters. The fourth-order valence-electron chi connectivity index (χ4n) is 2.25. The predicted molar refractivity (Wildman–Crippen MR) is 66.4 cm³/mol. The molecule has 0 N–H and O–H groups in total. The summed E-state index contributed by atoms with van der Waals surface area (Å²) in [6, 6.07) is 0. The third kappa shape index (κ3) is 2.44. The quantitative estimate of drug-likeness (QED) is 0.769. The maximum atomic E-state index is 4.53. The summed E-state index contributed by atoms with van der Waals surface area (Å²) in [5, 5.41) is 1.09. The highest BCUT2D eigenvalue weighted by Crippen LogP contribution is 2.21. The molecule has 1 aliphatic carbocycles. The summed E-state index contributed by atoms with van der Waals surface area (Å²) in [7, 11) is 0. The first-order valence-corrected chi connectivity index (χ1v) is 7.06. The Balaban J connectivity index is 2.11. The molecule has 2 rings (SSSR count). The van der Waals surface area contributed by atoms with Gasteiger partial charge in [-0.2, -0.15) is 0 Å². The molecule has 1 aliphatic rings. The summed E-state index contributed by atoms with van der Waals surface area (Å²) >= 11 is 3.58. The van der Waals surface area contributed by atoms with Crippen LogP contribution in [-0.2, 0) is 19.4 Å². The molecule has 0 amide bonds. The van der Waals surface area contributed by atoms with Crippen molar-refractivity contribution in [1.29, 1.82) is 0 Å². The highest BCUT2D eigenvalue weighted by atomic mass is 79.9. The van der Waals surface area contributed by atoms with Crippen LogP contribution in [0.3, 0.4) is 0 Å². The molecule has 0 radical (unpaired) electrons. The molecule has 3 heteroatoms. The number of aryl methyl sites for hydroxylation is 1. The van der Waals surface area contributed by atoms with Crippen molar-refractivity contribution in [1.82, 2.24) is 9.55 Å². The van der Waals surface area contributed by atoms with Crippen molar-refractivity contribution in [3.05, 3.63) is 17.7 Å². The van der Waals surface area contributed by atoms with E-state index >= 15 is 0 Å². The third-order valence-corrected chi connectivity index (χ3v) is 4.28. The minimum Gasteiger partial charge on any atom is -0.334 e. The van der Waals surface area contributed by atoms with Crippen molar-refractivity contribution in [2.75, 3.05) is 5.33 Å². The average Bonchev–Trinajstić information content (AvgIpc) is 2.69. The van der Waals surface area contributed by atoms with E-state index < -0.39 is 0 Å². The lowest BCUT2D eigenvalue weighted by atomic mass is 10.0. The molecular weight excluding hydrogens is 252 g/mol. The summed E-state index contributed by atoms with van der Waals surface area (Å²) in [5.74, 6) is 0.741. The Morgan fingerprint density at radius 2 is 2.27 bits per heavy atom. The summed E-state index contributed by atoms with van der Waals surface area (Å²) in [6.45, 7) is 3.39. The van der Waals surface area contributed by atoms with E-state index in [1.807, 2.05) is 6.33 Å². The van der Waals surface area contributed by atoms with Gasteiger partial charge in [0.2, 0.25) is 0 Å². The highest BCUT2D eigenvalue weighted by molar-refractivity contribution is 9.09. The Labute approximate surface area is 100 Å². The number of rotatable bonds is 4. The van der Waals surface area contributed by atoms with E-state index in [1.165, 1.54) is 43.5 Å². The smallest absolute Gasteiger partial charge is 0.0951 e. The van der Waals surface area contributed by atoms with Gasteiger partial charge >= 0.3 is 0 Å². The number of aromatic nitrogens is 2. The van der Waals surface area contributed by atoms with E-state index in [4.69, 9.17) is 0 Å². The Hall–Kier alpha value is -0.310. The van der Waals surface area contributed by atoms with Gasteiger partial charge in [-0.05, 0) is 31.6 Å². The fraction of sp³-hybridized carbons (Fsp3) is 0.750. The number of imidazole rings is 1. The fourth-order valence-corrected chi connectivity index (χ4v) is 2.92. The monoisotopic (exact) mass is 270 g/mol. The molecule has 15 heavy (non-hydrogen) atoms. The average molecular weight is 271 g/mol. The van der Waals surface area contributed by atoms with Crippen LogP contribution in [0.5, 0.6) is 0 Å². The van der Waals surface area contributed by atoms with Crippen molar-refractivity contribution in [3.63, 3.8) is 0 Å². The molecule has 0 fully saturated rings. The van der Waals surface area contributed by atoms with Gasteiger partial charge in [-0.25, -0.2) is 4.98 Å². The second-order valence-electron chi connectivity index (χ2n) is 4.43. The van der Waals surface area contributed by atoms with Crippen molar-refractivity contribution in [2.24, 2.45) is 5.92 Å². The molecule has 0 saturated carbocycles. The van der Waals surface area contributed by atoms with Crippen LogP contribution in [0.1, 0.15) is 37.6 Å². The lowest BCUT2D eigenvalue weighted by Gasteiger charge is -2.17. The number of hydrogen-bond acceptors (Lipinski definition) is 1. The maximum absolute atomic E-state index is 4.53. The van der Waals surface area contributed by atoms with Gasteiger partial charge in [0, 0.05) is 17.6 Å². The normalized spacial score (nSPS) is 17.5. The molecule has 1 heterocycles. The van der Waals surface area contributed by atoms with Crippen LogP contribution in [0.4, 0.5) is 0 Å². The summed E-state index contributed by atoms with van der Waals surface area (Å²) < 4.78 is 2.38. The lowest BCUT2D eigenvalue weighted by Crippen LogP contribution is -2.14. The van der Waals surface area contributed by atoms with Crippen LogP contribution in [0, 0.1) is 5.92 Å². The zero-order chi connectivity index (χ0) is 10.7. The topological polar surface area (TPSA) is 17.8 Å². The minimum atomic E-state index is 0.741. The SMILES string of the molecule is CCC(CBr)Cn1cnc2c1CCCC2. The molecular formula is C12H19BrN2. The predicted octanol–water partition coefficient (Wildman–Crippen LogP) is 3.18. The summed E-state index contributed by atoms with van der Waals surface area (Å²) in [5.41, 5.74) is 2.85. The molecule has 0 spiro atoms. The Kier molecular flexibility index (Phi) is 3.84. The van der Waals surface area contributed by atoms with E-state index in [2.05, 4.69) is 32.4 Å². The molecule has 0 saturated heterocycles. The Morgan fingerprint density at radius 1 is 1.47 bits per heavy atom. The van der Waals surface area contributed by atoms with Crippen molar-refractivity contribution in [2.45, 2.75) is 45.6 Å². The third-order valence-electron chi connectivity index (χ3n) is 3.36. The number of halogens is 1. The standard InChI is InChI=1S/C12H19BrN2/c1-2-10(7-13)8-15-9-14-11-5-3-4-6-12(11)15/h9-10H,2-8H2,1H3. The van der Waals surface area contributed by atoms with Gasteiger partial charge in [0.05, 0.1) is 12.0 Å². The number of nitrogens with zero attached hydrogens (tertiary/aromatic N) is 2. The molecule has 0 aliphatic heterocycles. The van der Waals surface area contributed by atoms with Gasteiger partial charge in [0.15, 0.2) is 0 Å². The first-order valence-electron chi connectivity index (χ1n) is 5.94. The molecule has 84 valence electrons. The van der Waals surface area contributed by atoms with Crippen LogP contribution in [0.2, 0.25) is 0 Å². The summed E-state index contributed by atoms with van der Waals surface area (Å²) in [4.78, 5) is 4.53. The number of fused-ring (bicyclic) bond motifs is 1. The van der Waals surface area contributed by atoms with Gasteiger partial charge in [0.25, 0.3) is 0 Å². The minimum absolute atomic E-state index is 0.741. The van der Waals surface area contributed by atoms with Crippen molar-refractivity contribution in [3.8, 4) is 0 Å². The van der Waals surface area contributed by atoms with Gasteiger partial charge in [-0.3, -0.25) is 0 Å². The summed E-state index contributed by atoms with van der Waals surface area (Å²) in [6.07, 6.45) is 8.35. The zero-order valence-electron chi connectivity index (χ0n) is 9.38. The van der Waals surface area contributed by atoms with E-state index in [-0.39, 0.29) is 0 Å². The van der Waals surface area contributed by atoms with Crippen molar-refractivity contribution >= 4 is 15.9 Å². The number of hydrogen-bond donors (Lipinski definition) is 0. The van der Waals surface area contributed by atoms with E-state index in [0.717, 1.165) is 17.8 Å². The second kappa shape index (κ2) is 5.15. The first-order chi connectivity index (χ1) is 7.35. The maximum Gasteiger partial charge on any atom is 0.0951 e. The van der Waals surface area contributed by atoms with Crippen LogP contribution in [0.15, 0.2) is 6.33 Å². The Bertz CT molecular complexity index is 315. The largest absolute Gasteiger partial charge is 0.334 e. The van der Waals surface area contributed by atoms with Crippen molar-refractivity contribution < 1.29 is 0 Å². The first kappa shape index (κ1) is 11.2. The van der Waals surface area contributed by atoms with Crippen LogP contribution in [0.25, 0.3) is 0 Å². The van der Waals surface area contributed by atoms with Crippen LogP contribution >= 0.6 is 15.9 Å². The lowest BCUT2D eigenvalue weighted by molar-refractivity contribution is 0.463. The van der Waals surface area contributed by atoms with Gasteiger partial charge in [-0.15, -0.1) is 0 Å². The Morgan fingerprint density at radius 3 is 3.00 bits per heavy atom. The van der Waals surface area contributed by atoms with E-state index in [1.54, 1.807) is 0 Å².